The van der Waals surface area contributed by atoms with Crippen LogP contribution in [0.15, 0.2) is 33.9 Å². The van der Waals surface area contributed by atoms with E-state index in [1.165, 1.54) is 0 Å². The van der Waals surface area contributed by atoms with Crippen LogP contribution in [0.5, 0.6) is 0 Å². The van der Waals surface area contributed by atoms with Crippen molar-refractivity contribution in [2.45, 2.75) is 23.8 Å². The van der Waals surface area contributed by atoms with E-state index in [0.29, 0.717) is 11.1 Å². The van der Waals surface area contributed by atoms with Gasteiger partial charge in [0.25, 0.3) is 5.22 Å². The van der Waals surface area contributed by atoms with Gasteiger partial charge in [-0.25, -0.2) is 4.98 Å². The van der Waals surface area contributed by atoms with Crippen molar-refractivity contribution in [1.82, 2.24) is 4.98 Å². The fourth-order valence-electron chi connectivity index (χ4n) is 1.29. The predicted octanol–water partition coefficient (Wildman–Crippen LogP) is 3.94. The van der Waals surface area contributed by atoms with Crippen LogP contribution in [0.4, 0.5) is 0 Å². The number of nitrogens with zero attached hydrogens (tertiary/aromatic N) is 1. The van der Waals surface area contributed by atoms with Gasteiger partial charge in [0, 0.05) is 11.1 Å². The first-order valence-corrected chi connectivity index (χ1v) is 6.29. The second kappa shape index (κ2) is 4.90. The average Bonchev–Trinajstić information content (AvgIpc) is 2.59. The zero-order valence-corrected chi connectivity index (χ0v) is 10.0. The van der Waals surface area contributed by atoms with Crippen molar-refractivity contribution in [2.24, 2.45) is 0 Å². The highest BCUT2D eigenvalue weighted by molar-refractivity contribution is 7.99. The minimum Gasteiger partial charge on any atom is -0.431 e. The van der Waals surface area contributed by atoms with Crippen LogP contribution in [0.2, 0.25) is 0 Å². The Bertz CT molecular complexity index is 410. The van der Waals surface area contributed by atoms with Gasteiger partial charge in [0.05, 0.1) is 0 Å². The number of alkyl halides is 1. The first-order chi connectivity index (χ1) is 7.29. The molecule has 0 aliphatic carbocycles. The van der Waals surface area contributed by atoms with Crippen LogP contribution < -0.4 is 0 Å². The smallest absolute Gasteiger partial charge is 0.256 e. The van der Waals surface area contributed by atoms with Crippen molar-refractivity contribution < 1.29 is 4.42 Å². The summed E-state index contributed by atoms with van der Waals surface area (Å²) in [5.41, 5.74) is 1.76. The number of oxazole rings is 1. The molecule has 15 heavy (non-hydrogen) atoms. The summed E-state index contributed by atoms with van der Waals surface area (Å²) in [6.07, 6.45) is 0.963. The molecule has 1 atom stereocenters. The molecule has 4 heteroatoms. The maximum absolute atomic E-state index is 5.68. The minimum atomic E-state index is 0.440. The topological polar surface area (TPSA) is 26.0 Å². The molecule has 0 spiro atoms. The molecule has 2 aromatic rings. The Balaban J connectivity index is 2.15. The SMILES string of the molecule is CC(CCCl)Sc1nc2ccccc2o1. The van der Waals surface area contributed by atoms with Gasteiger partial charge in [-0.3, -0.25) is 0 Å². The molecule has 1 aromatic heterocycles. The maximum Gasteiger partial charge on any atom is 0.256 e. The van der Waals surface area contributed by atoms with Crippen LogP contribution in [0.25, 0.3) is 11.1 Å². The van der Waals surface area contributed by atoms with E-state index in [4.69, 9.17) is 16.0 Å². The first-order valence-electron chi connectivity index (χ1n) is 4.88. The predicted molar refractivity (Wildman–Crippen MR) is 64.7 cm³/mol. The Morgan fingerprint density at radius 1 is 1.47 bits per heavy atom. The molecule has 1 heterocycles. The van der Waals surface area contributed by atoms with Gasteiger partial charge in [-0.15, -0.1) is 11.6 Å². The van der Waals surface area contributed by atoms with E-state index in [9.17, 15) is 0 Å². The number of hydrogen-bond donors (Lipinski definition) is 0. The monoisotopic (exact) mass is 241 g/mol. The van der Waals surface area contributed by atoms with E-state index in [1.807, 2.05) is 24.3 Å². The number of thioether (sulfide) groups is 1. The van der Waals surface area contributed by atoms with Crippen LogP contribution >= 0.6 is 23.4 Å². The Labute approximate surface area is 98.0 Å². The van der Waals surface area contributed by atoms with Crippen molar-refractivity contribution in [3.05, 3.63) is 24.3 Å². The largest absolute Gasteiger partial charge is 0.431 e. The second-order valence-electron chi connectivity index (χ2n) is 3.35. The normalized spacial score (nSPS) is 13.2. The van der Waals surface area contributed by atoms with Gasteiger partial charge >= 0.3 is 0 Å². The van der Waals surface area contributed by atoms with E-state index in [1.54, 1.807) is 11.8 Å². The summed E-state index contributed by atoms with van der Waals surface area (Å²) in [7, 11) is 0. The summed E-state index contributed by atoms with van der Waals surface area (Å²) >= 11 is 7.31. The molecule has 0 aliphatic heterocycles. The van der Waals surface area contributed by atoms with Crippen LogP contribution in [-0.4, -0.2) is 16.1 Å². The van der Waals surface area contributed by atoms with Crippen molar-refractivity contribution in [2.75, 3.05) is 5.88 Å². The molecule has 0 bridgehead atoms. The third kappa shape index (κ3) is 2.67. The lowest BCUT2D eigenvalue weighted by atomic mass is 10.3. The molecule has 0 N–H and O–H groups in total. The molecule has 0 radical (unpaired) electrons. The van der Waals surface area contributed by atoms with Gasteiger partial charge in [0.15, 0.2) is 5.58 Å². The first kappa shape index (κ1) is 10.8. The summed E-state index contributed by atoms with van der Waals surface area (Å²) in [6, 6.07) is 7.79. The van der Waals surface area contributed by atoms with Crippen LogP contribution in [0, 0.1) is 0 Å². The van der Waals surface area contributed by atoms with Gasteiger partial charge in [-0.05, 0) is 18.6 Å². The van der Waals surface area contributed by atoms with Gasteiger partial charge in [-0.1, -0.05) is 30.8 Å². The molecular formula is C11H12ClNOS. The highest BCUT2D eigenvalue weighted by Crippen LogP contribution is 2.27. The van der Waals surface area contributed by atoms with E-state index in [2.05, 4.69) is 11.9 Å². The standard InChI is InChI=1S/C11H12ClNOS/c1-8(6-7-12)15-11-13-9-4-2-3-5-10(9)14-11/h2-5,8H,6-7H2,1H3. The third-order valence-corrected chi connectivity index (χ3v) is 3.32. The summed E-state index contributed by atoms with van der Waals surface area (Å²) in [4.78, 5) is 4.39. The van der Waals surface area contributed by atoms with E-state index < -0.39 is 0 Å². The fraction of sp³-hybridized carbons (Fsp3) is 0.364. The molecule has 0 amide bonds. The number of para-hydroxylation sites is 2. The Morgan fingerprint density at radius 3 is 3.00 bits per heavy atom. The van der Waals surface area contributed by atoms with Crippen molar-refractivity contribution in [1.29, 1.82) is 0 Å². The van der Waals surface area contributed by atoms with Crippen molar-refractivity contribution in [3.8, 4) is 0 Å². The molecule has 2 rings (SSSR count). The molecule has 0 fully saturated rings. The summed E-state index contributed by atoms with van der Waals surface area (Å²) in [6.45, 7) is 2.13. The lowest BCUT2D eigenvalue weighted by Gasteiger charge is -2.03. The Hall–Kier alpha value is -0.670. The molecule has 80 valence electrons. The van der Waals surface area contributed by atoms with Crippen molar-refractivity contribution >= 4 is 34.5 Å². The molecule has 0 saturated heterocycles. The maximum atomic E-state index is 5.68. The molecule has 0 saturated carbocycles. The number of fused-ring (bicyclic) bond motifs is 1. The number of aromatic nitrogens is 1. The number of benzene rings is 1. The molecular weight excluding hydrogens is 230 g/mol. The van der Waals surface area contributed by atoms with E-state index in [0.717, 1.165) is 22.7 Å². The second-order valence-corrected chi connectivity index (χ2v) is 5.12. The number of hydrogen-bond acceptors (Lipinski definition) is 3. The van der Waals surface area contributed by atoms with Crippen LogP contribution in [0.3, 0.4) is 0 Å². The van der Waals surface area contributed by atoms with Gasteiger partial charge in [0.2, 0.25) is 0 Å². The summed E-state index contributed by atoms with van der Waals surface area (Å²) < 4.78 is 5.59. The van der Waals surface area contributed by atoms with Gasteiger partial charge < -0.3 is 4.42 Å². The molecule has 0 aliphatic rings. The highest BCUT2D eigenvalue weighted by Gasteiger charge is 2.09. The Kier molecular flexibility index (Phi) is 3.54. The average molecular weight is 242 g/mol. The third-order valence-electron chi connectivity index (χ3n) is 2.09. The molecule has 1 unspecified atom stereocenters. The van der Waals surface area contributed by atoms with E-state index in [-0.39, 0.29) is 0 Å². The summed E-state index contributed by atoms with van der Waals surface area (Å²) in [5.74, 6) is 0.675. The lowest BCUT2D eigenvalue weighted by Crippen LogP contribution is -1.95. The minimum absolute atomic E-state index is 0.440. The zero-order chi connectivity index (χ0) is 10.7. The Morgan fingerprint density at radius 2 is 2.27 bits per heavy atom. The fourth-order valence-corrected chi connectivity index (χ4v) is 2.61. The molecule has 1 aromatic carbocycles. The van der Waals surface area contributed by atoms with Gasteiger partial charge in [0.1, 0.15) is 5.52 Å². The highest BCUT2D eigenvalue weighted by atomic mass is 35.5. The van der Waals surface area contributed by atoms with E-state index >= 15 is 0 Å². The zero-order valence-electron chi connectivity index (χ0n) is 8.44. The quantitative estimate of drug-likeness (QED) is 0.599. The van der Waals surface area contributed by atoms with Gasteiger partial charge in [-0.2, -0.15) is 0 Å². The number of rotatable bonds is 4. The van der Waals surface area contributed by atoms with Crippen LogP contribution in [-0.2, 0) is 0 Å². The summed E-state index contributed by atoms with van der Waals surface area (Å²) in [5, 5.41) is 1.17. The number of halogens is 1. The van der Waals surface area contributed by atoms with Crippen molar-refractivity contribution in [3.63, 3.8) is 0 Å². The lowest BCUT2D eigenvalue weighted by molar-refractivity contribution is 0.488. The molecule has 2 nitrogen and oxygen atoms in total. The van der Waals surface area contributed by atoms with Crippen LogP contribution in [0.1, 0.15) is 13.3 Å².